The molecule has 0 bridgehead atoms. The van der Waals surface area contributed by atoms with Gasteiger partial charge in [-0.05, 0) is 68.7 Å². The topological polar surface area (TPSA) is 129 Å². The number of aromatic nitrogens is 1. The van der Waals surface area contributed by atoms with E-state index in [0.29, 0.717) is 18.5 Å². The highest BCUT2D eigenvalue weighted by Crippen LogP contribution is 2.12. The first-order valence-electron chi connectivity index (χ1n) is 12.3. The van der Waals surface area contributed by atoms with Crippen molar-refractivity contribution in [3.05, 3.63) is 59.9 Å². The molecule has 0 aliphatic carbocycles. The zero-order valence-corrected chi connectivity index (χ0v) is 20.0. The fourth-order valence-corrected chi connectivity index (χ4v) is 3.59. The Kier molecular flexibility index (Phi) is 13.3. The molecular formula is C26H39N5O3. The summed E-state index contributed by atoms with van der Waals surface area (Å²) in [6.07, 6.45) is 11.1. The van der Waals surface area contributed by atoms with Crippen molar-refractivity contribution in [1.29, 1.82) is 0 Å². The molecule has 1 aromatic carbocycles. The second-order valence-electron chi connectivity index (χ2n) is 8.44. The van der Waals surface area contributed by atoms with E-state index in [1.165, 1.54) is 19.3 Å². The quantitative estimate of drug-likeness (QED) is 0.226. The van der Waals surface area contributed by atoms with Crippen molar-refractivity contribution >= 4 is 11.8 Å². The molecule has 8 nitrogen and oxygen atoms in total. The van der Waals surface area contributed by atoms with Crippen LogP contribution >= 0.6 is 0 Å². The summed E-state index contributed by atoms with van der Waals surface area (Å²) in [6.45, 7) is 3.35. The van der Waals surface area contributed by atoms with Gasteiger partial charge in [0.15, 0.2) is 0 Å². The Morgan fingerprint density at radius 1 is 0.853 bits per heavy atom. The number of unbranched alkanes of at least 4 members (excludes halogenated alkanes) is 5. The molecule has 1 heterocycles. The molecule has 1 atom stereocenters. The van der Waals surface area contributed by atoms with Crippen molar-refractivity contribution in [1.82, 2.24) is 20.9 Å². The SMILES string of the molecule is NCCCNCCCCCCCCNC(=O)[C@H](Cc1ccc(O)cc1)NC(=O)c1ccncc1. The van der Waals surface area contributed by atoms with Crippen LogP contribution < -0.4 is 21.7 Å². The lowest BCUT2D eigenvalue weighted by atomic mass is 10.0. The summed E-state index contributed by atoms with van der Waals surface area (Å²) in [4.78, 5) is 29.4. The van der Waals surface area contributed by atoms with E-state index in [9.17, 15) is 14.7 Å². The van der Waals surface area contributed by atoms with E-state index in [2.05, 4.69) is 20.9 Å². The zero-order valence-electron chi connectivity index (χ0n) is 20.0. The smallest absolute Gasteiger partial charge is 0.252 e. The molecule has 0 unspecified atom stereocenters. The van der Waals surface area contributed by atoms with Crippen LogP contribution in [-0.4, -0.2) is 54.1 Å². The lowest BCUT2D eigenvalue weighted by Gasteiger charge is -2.19. The van der Waals surface area contributed by atoms with Gasteiger partial charge in [-0.2, -0.15) is 0 Å². The highest BCUT2D eigenvalue weighted by molar-refractivity contribution is 5.97. The molecule has 2 rings (SSSR count). The molecule has 2 amide bonds. The van der Waals surface area contributed by atoms with Gasteiger partial charge in [-0.25, -0.2) is 0 Å². The number of carbonyl (C=O) groups is 2. The van der Waals surface area contributed by atoms with E-state index in [1.807, 2.05) is 0 Å². The normalized spacial score (nSPS) is 11.7. The van der Waals surface area contributed by atoms with Crippen molar-refractivity contribution in [3.63, 3.8) is 0 Å². The first kappa shape index (κ1) is 27.3. The van der Waals surface area contributed by atoms with Gasteiger partial charge in [-0.15, -0.1) is 0 Å². The number of phenolic OH excluding ortho intramolecular Hbond substituents is 1. The van der Waals surface area contributed by atoms with Gasteiger partial charge < -0.3 is 26.8 Å². The second-order valence-corrected chi connectivity index (χ2v) is 8.44. The van der Waals surface area contributed by atoms with E-state index in [1.54, 1.807) is 48.8 Å². The van der Waals surface area contributed by atoms with Gasteiger partial charge in [0, 0.05) is 30.9 Å². The lowest BCUT2D eigenvalue weighted by molar-refractivity contribution is -0.122. The van der Waals surface area contributed by atoms with Gasteiger partial charge in [0.25, 0.3) is 5.91 Å². The predicted octanol–water partition coefficient (Wildman–Crippen LogP) is 2.52. The largest absolute Gasteiger partial charge is 0.508 e. The maximum Gasteiger partial charge on any atom is 0.252 e. The highest BCUT2D eigenvalue weighted by atomic mass is 16.3. The summed E-state index contributed by atoms with van der Waals surface area (Å²) in [5.74, 6) is -0.369. The summed E-state index contributed by atoms with van der Waals surface area (Å²) in [5, 5.41) is 18.7. The second kappa shape index (κ2) is 16.6. The van der Waals surface area contributed by atoms with Crippen molar-refractivity contribution in [3.8, 4) is 5.75 Å². The fourth-order valence-electron chi connectivity index (χ4n) is 3.59. The van der Waals surface area contributed by atoms with Crippen LogP contribution in [0.5, 0.6) is 5.75 Å². The van der Waals surface area contributed by atoms with E-state index in [4.69, 9.17) is 5.73 Å². The van der Waals surface area contributed by atoms with Gasteiger partial charge in [-0.1, -0.05) is 37.8 Å². The molecule has 0 saturated carbocycles. The average Bonchev–Trinajstić information content (AvgIpc) is 2.86. The first-order valence-corrected chi connectivity index (χ1v) is 12.3. The molecule has 6 N–H and O–H groups in total. The number of nitrogens with zero attached hydrogens (tertiary/aromatic N) is 1. The van der Waals surface area contributed by atoms with E-state index in [0.717, 1.165) is 50.9 Å². The molecule has 0 fully saturated rings. The fraction of sp³-hybridized carbons (Fsp3) is 0.500. The van der Waals surface area contributed by atoms with Crippen LogP contribution in [-0.2, 0) is 11.2 Å². The zero-order chi connectivity index (χ0) is 24.4. The summed E-state index contributed by atoms with van der Waals surface area (Å²) in [7, 11) is 0. The number of benzene rings is 1. The van der Waals surface area contributed by atoms with Crippen LogP contribution in [0.4, 0.5) is 0 Å². The number of phenols is 1. The number of carbonyl (C=O) groups excluding carboxylic acids is 2. The Morgan fingerprint density at radius 2 is 1.47 bits per heavy atom. The Hall–Kier alpha value is -2.97. The minimum Gasteiger partial charge on any atom is -0.508 e. The van der Waals surface area contributed by atoms with Crippen LogP contribution in [0.25, 0.3) is 0 Å². The number of rotatable bonds is 17. The molecule has 34 heavy (non-hydrogen) atoms. The Morgan fingerprint density at radius 3 is 2.15 bits per heavy atom. The van der Waals surface area contributed by atoms with Gasteiger partial charge >= 0.3 is 0 Å². The molecule has 1 aromatic heterocycles. The maximum absolute atomic E-state index is 12.9. The molecule has 0 aliphatic rings. The third-order valence-electron chi connectivity index (χ3n) is 5.58. The van der Waals surface area contributed by atoms with E-state index >= 15 is 0 Å². The minimum atomic E-state index is -0.711. The van der Waals surface area contributed by atoms with Crippen LogP contribution in [0.3, 0.4) is 0 Å². The van der Waals surface area contributed by atoms with Crippen LogP contribution in [0, 0.1) is 0 Å². The molecule has 0 aliphatic heterocycles. The molecule has 8 heteroatoms. The number of nitrogens with one attached hydrogen (secondary N) is 3. The van der Waals surface area contributed by atoms with Gasteiger partial charge in [0.05, 0.1) is 0 Å². The van der Waals surface area contributed by atoms with Crippen LogP contribution in [0.15, 0.2) is 48.8 Å². The summed E-state index contributed by atoms with van der Waals surface area (Å²) in [5.41, 5.74) is 6.78. The van der Waals surface area contributed by atoms with Crippen molar-refractivity contribution < 1.29 is 14.7 Å². The summed E-state index contributed by atoms with van der Waals surface area (Å²) in [6, 6.07) is 9.17. The first-order chi connectivity index (χ1) is 16.6. The Balaban J connectivity index is 1.72. The molecule has 0 spiro atoms. The van der Waals surface area contributed by atoms with Crippen molar-refractivity contribution in [2.24, 2.45) is 5.73 Å². The van der Waals surface area contributed by atoms with Crippen LogP contribution in [0.2, 0.25) is 0 Å². The summed E-state index contributed by atoms with van der Waals surface area (Å²) >= 11 is 0. The number of nitrogens with two attached hydrogens (primary N) is 1. The third-order valence-corrected chi connectivity index (χ3v) is 5.58. The monoisotopic (exact) mass is 469 g/mol. The standard InChI is InChI=1S/C26H39N5O3/c27-14-7-16-28-15-5-3-1-2-4-6-17-30-26(34)24(20-21-8-10-23(32)11-9-21)31-25(33)22-12-18-29-19-13-22/h8-13,18-19,24,28,32H,1-7,14-17,20,27H2,(H,30,34)(H,31,33)/t24-/m0/s1. The van der Waals surface area contributed by atoms with Crippen LogP contribution in [0.1, 0.15) is 60.9 Å². The molecular weight excluding hydrogens is 430 g/mol. The highest BCUT2D eigenvalue weighted by Gasteiger charge is 2.21. The van der Waals surface area contributed by atoms with E-state index in [-0.39, 0.29) is 17.6 Å². The number of amides is 2. The van der Waals surface area contributed by atoms with Crippen molar-refractivity contribution in [2.75, 3.05) is 26.2 Å². The molecule has 0 saturated heterocycles. The van der Waals surface area contributed by atoms with E-state index < -0.39 is 6.04 Å². The Bertz CT molecular complexity index is 830. The molecule has 2 aromatic rings. The number of aromatic hydroxyl groups is 1. The lowest BCUT2D eigenvalue weighted by Crippen LogP contribution is -2.48. The maximum atomic E-state index is 12.9. The number of hydrogen-bond donors (Lipinski definition) is 5. The number of hydrogen-bond acceptors (Lipinski definition) is 6. The molecule has 186 valence electrons. The van der Waals surface area contributed by atoms with Gasteiger partial charge in [0.2, 0.25) is 5.91 Å². The predicted molar refractivity (Wildman–Crippen MR) is 135 cm³/mol. The molecule has 0 radical (unpaired) electrons. The Labute approximate surface area is 202 Å². The van der Waals surface area contributed by atoms with Gasteiger partial charge in [0.1, 0.15) is 11.8 Å². The minimum absolute atomic E-state index is 0.161. The number of pyridine rings is 1. The summed E-state index contributed by atoms with van der Waals surface area (Å²) < 4.78 is 0. The third kappa shape index (κ3) is 11.2. The van der Waals surface area contributed by atoms with Gasteiger partial charge in [-0.3, -0.25) is 14.6 Å². The van der Waals surface area contributed by atoms with Crippen molar-refractivity contribution in [2.45, 2.75) is 57.4 Å². The average molecular weight is 470 g/mol.